The molecule has 23 heavy (non-hydrogen) atoms. The third-order valence-corrected chi connectivity index (χ3v) is 4.27. The van der Waals surface area contributed by atoms with E-state index in [0.717, 1.165) is 44.6 Å². The zero-order chi connectivity index (χ0) is 16.8. The Labute approximate surface area is 134 Å². The van der Waals surface area contributed by atoms with Gasteiger partial charge in [0.2, 0.25) is 5.91 Å². The first kappa shape index (κ1) is 17.8. The number of ether oxygens (including phenoxy) is 1. The van der Waals surface area contributed by atoms with E-state index >= 15 is 0 Å². The number of halogens is 2. The summed E-state index contributed by atoms with van der Waals surface area (Å²) in [4.78, 5) is 12.0. The SMILES string of the molecule is CC(NC(=O)CCC1CCOCC1)C(O)c1ccc(F)c(F)c1. The minimum absolute atomic E-state index is 0.148. The molecule has 6 heteroatoms. The fourth-order valence-corrected chi connectivity index (χ4v) is 2.76. The van der Waals surface area contributed by atoms with E-state index in [1.54, 1.807) is 6.92 Å². The van der Waals surface area contributed by atoms with Crippen molar-refractivity contribution in [2.45, 2.75) is 44.8 Å². The third kappa shape index (κ3) is 5.25. The number of nitrogens with one attached hydrogen (secondary N) is 1. The molecule has 1 fully saturated rings. The minimum atomic E-state index is -1.09. The van der Waals surface area contributed by atoms with Gasteiger partial charge in [0.25, 0.3) is 0 Å². The number of carbonyl (C=O) groups excluding carboxylic acids is 1. The molecule has 0 radical (unpaired) electrons. The number of carbonyl (C=O) groups is 1. The molecule has 1 aliphatic rings. The molecule has 0 aromatic heterocycles. The van der Waals surface area contributed by atoms with Crippen LogP contribution in [-0.4, -0.2) is 30.3 Å². The van der Waals surface area contributed by atoms with Gasteiger partial charge in [-0.25, -0.2) is 8.78 Å². The molecule has 1 aromatic rings. The molecular weight excluding hydrogens is 304 g/mol. The second-order valence-corrected chi connectivity index (χ2v) is 6.07. The van der Waals surface area contributed by atoms with Crippen LogP contribution < -0.4 is 5.32 Å². The minimum Gasteiger partial charge on any atom is -0.386 e. The largest absolute Gasteiger partial charge is 0.386 e. The zero-order valence-electron chi connectivity index (χ0n) is 13.2. The van der Waals surface area contributed by atoms with E-state index < -0.39 is 23.8 Å². The first-order valence-electron chi connectivity index (χ1n) is 7.97. The molecule has 0 saturated carbocycles. The summed E-state index contributed by atoms with van der Waals surface area (Å²) in [5, 5.41) is 12.9. The number of hydrogen-bond acceptors (Lipinski definition) is 3. The van der Waals surface area contributed by atoms with Gasteiger partial charge in [0.05, 0.1) is 12.1 Å². The van der Waals surface area contributed by atoms with E-state index in [1.807, 2.05) is 0 Å². The number of aliphatic hydroxyl groups excluding tert-OH is 1. The van der Waals surface area contributed by atoms with Gasteiger partial charge in [-0.3, -0.25) is 4.79 Å². The van der Waals surface area contributed by atoms with Gasteiger partial charge in [0.1, 0.15) is 0 Å². The Morgan fingerprint density at radius 1 is 1.35 bits per heavy atom. The molecule has 0 aliphatic carbocycles. The van der Waals surface area contributed by atoms with Gasteiger partial charge in [-0.1, -0.05) is 6.07 Å². The fourth-order valence-electron chi connectivity index (χ4n) is 2.76. The lowest BCUT2D eigenvalue weighted by molar-refractivity contribution is -0.123. The molecule has 1 heterocycles. The highest BCUT2D eigenvalue weighted by atomic mass is 19.2. The Morgan fingerprint density at radius 2 is 2.04 bits per heavy atom. The summed E-state index contributed by atoms with van der Waals surface area (Å²) in [5.41, 5.74) is 0.237. The van der Waals surface area contributed by atoms with Gasteiger partial charge in [-0.05, 0) is 49.8 Å². The van der Waals surface area contributed by atoms with E-state index in [-0.39, 0.29) is 11.5 Å². The molecule has 0 spiro atoms. The van der Waals surface area contributed by atoms with Gasteiger partial charge in [-0.2, -0.15) is 0 Å². The molecule has 2 rings (SSSR count). The maximum absolute atomic E-state index is 13.2. The summed E-state index contributed by atoms with van der Waals surface area (Å²) < 4.78 is 31.4. The summed E-state index contributed by atoms with van der Waals surface area (Å²) >= 11 is 0. The van der Waals surface area contributed by atoms with Gasteiger partial charge in [0.15, 0.2) is 11.6 Å². The van der Waals surface area contributed by atoms with Crippen molar-refractivity contribution in [1.82, 2.24) is 5.32 Å². The molecule has 0 bridgehead atoms. The summed E-state index contributed by atoms with van der Waals surface area (Å²) in [6, 6.07) is 2.65. The lowest BCUT2D eigenvalue weighted by Crippen LogP contribution is -2.37. The molecular formula is C17H23F2NO3. The van der Waals surface area contributed by atoms with Gasteiger partial charge in [0, 0.05) is 19.6 Å². The van der Waals surface area contributed by atoms with Crippen LogP contribution in [0.1, 0.15) is 44.3 Å². The lowest BCUT2D eigenvalue weighted by Gasteiger charge is -2.23. The average molecular weight is 327 g/mol. The van der Waals surface area contributed by atoms with E-state index in [1.165, 1.54) is 6.07 Å². The van der Waals surface area contributed by atoms with Crippen LogP contribution in [0.3, 0.4) is 0 Å². The zero-order valence-corrected chi connectivity index (χ0v) is 13.2. The number of rotatable bonds is 6. The maximum Gasteiger partial charge on any atom is 0.220 e. The molecule has 1 aromatic carbocycles. The topological polar surface area (TPSA) is 58.6 Å². The average Bonchev–Trinajstić information content (AvgIpc) is 2.55. The smallest absolute Gasteiger partial charge is 0.220 e. The van der Waals surface area contributed by atoms with Crippen LogP contribution >= 0.6 is 0 Å². The molecule has 2 N–H and O–H groups in total. The normalized spacial score (nSPS) is 18.4. The number of aliphatic hydroxyl groups is 1. The Kier molecular flexibility index (Phi) is 6.47. The Hall–Kier alpha value is -1.53. The van der Waals surface area contributed by atoms with Crippen LogP contribution in [0.25, 0.3) is 0 Å². The van der Waals surface area contributed by atoms with Crippen molar-refractivity contribution in [3.05, 3.63) is 35.4 Å². The molecule has 4 nitrogen and oxygen atoms in total. The van der Waals surface area contributed by atoms with E-state index in [9.17, 15) is 18.7 Å². The van der Waals surface area contributed by atoms with Crippen LogP contribution in [0.5, 0.6) is 0 Å². The number of benzene rings is 1. The van der Waals surface area contributed by atoms with Gasteiger partial charge in [-0.15, -0.1) is 0 Å². The summed E-state index contributed by atoms with van der Waals surface area (Å²) in [6.07, 6.45) is 2.04. The van der Waals surface area contributed by atoms with E-state index in [4.69, 9.17) is 4.74 Å². The monoisotopic (exact) mass is 327 g/mol. The predicted molar refractivity (Wildman–Crippen MR) is 81.7 cm³/mol. The number of hydrogen-bond donors (Lipinski definition) is 2. The van der Waals surface area contributed by atoms with Crippen LogP contribution in [0.2, 0.25) is 0 Å². The van der Waals surface area contributed by atoms with Gasteiger partial charge < -0.3 is 15.2 Å². The molecule has 1 aliphatic heterocycles. The standard InChI is InChI=1S/C17H23F2NO3/c1-11(17(22)13-3-4-14(18)15(19)10-13)20-16(21)5-2-12-6-8-23-9-7-12/h3-4,10-12,17,22H,2,5-9H2,1H3,(H,20,21). The van der Waals surface area contributed by atoms with Crippen molar-refractivity contribution in [3.8, 4) is 0 Å². The molecule has 2 unspecified atom stereocenters. The Balaban J connectivity index is 1.81. The van der Waals surface area contributed by atoms with Crippen molar-refractivity contribution in [3.63, 3.8) is 0 Å². The van der Waals surface area contributed by atoms with Crippen molar-refractivity contribution in [2.75, 3.05) is 13.2 Å². The Bertz CT molecular complexity index is 533. The molecule has 1 amide bonds. The molecule has 1 saturated heterocycles. The maximum atomic E-state index is 13.2. The highest BCUT2D eigenvalue weighted by molar-refractivity contribution is 5.76. The highest BCUT2D eigenvalue weighted by Gasteiger charge is 2.21. The van der Waals surface area contributed by atoms with Crippen molar-refractivity contribution < 1.29 is 23.4 Å². The van der Waals surface area contributed by atoms with Crippen LogP contribution in [0.4, 0.5) is 8.78 Å². The third-order valence-electron chi connectivity index (χ3n) is 4.27. The van der Waals surface area contributed by atoms with E-state index in [0.29, 0.717) is 12.3 Å². The Morgan fingerprint density at radius 3 is 2.70 bits per heavy atom. The highest BCUT2D eigenvalue weighted by Crippen LogP contribution is 2.21. The second kappa shape index (κ2) is 8.36. The lowest BCUT2D eigenvalue weighted by atomic mass is 9.94. The van der Waals surface area contributed by atoms with Gasteiger partial charge >= 0.3 is 0 Å². The van der Waals surface area contributed by atoms with Crippen molar-refractivity contribution in [2.24, 2.45) is 5.92 Å². The van der Waals surface area contributed by atoms with Crippen LogP contribution in [-0.2, 0) is 9.53 Å². The van der Waals surface area contributed by atoms with Crippen molar-refractivity contribution in [1.29, 1.82) is 0 Å². The summed E-state index contributed by atoms with van der Waals surface area (Å²) in [5.74, 6) is -1.62. The molecule has 2 atom stereocenters. The van der Waals surface area contributed by atoms with Crippen LogP contribution in [0, 0.1) is 17.6 Å². The quantitative estimate of drug-likeness (QED) is 0.844. The fraction of sp³-hybridized carbons (Fsp3) is 0.588. The number of amides is 1. The molecule has 128 valence electrons. The first-order valence-corrected chi connectivity index (χ1v) is 7.97. The predicted octanol–water partition coefficient (Wildman–Crippen LogP) is 2.71. The van der Waals surface area contributed by atoms with Crippen molar-refractivity contribution >= 4 is 5.91 Å². The summed E-state index contributed by atoms with van der Waals surface area (Å²) in [6.45, 7) is 3.13. The van der Waals surface area contributed by atoms with Crippen LogP contribution in [0.15, 0.2) is 18.2 Å². The van der Waals surface area contributed by atoms with E-state index in [2.05, 4.69) is 5.32 Å². The summed E-state index contributed by atoms with van der Waals surface area (Å²) in [7, 11) is 0. The second-order valence-electron chi connectivity index (χ2n) is 6.07. The first-order chi connectivity index (χ1) is 11.0.